The molecule has 0 aliphatic heterocycles. The number of carbonyl (C=O) groups excluding carboxylic acids is 2. The summed E-state index contributed by atoms with van der Waals surface area (Å²) >= 11 is 2.77. The molecule has 2 heterocycles. The molecule has 0 bridgehead atoms. The summed E-state index contributed by atoms with van der Waals surface area (Å²) in [7, 11) is 1.27. The van der Waals surface area contributed by atoms with Crippen LogP contribution in [-0.2, 0) is 11.2 Å². The minimum absolute atomic E-state index is 0.0718. The molecular formula is C13H15N3O3S2. The molecule has 1 N–H and O–H groups in total. The van der Waals surface area contributed by atoms with Crippen molar-refractivity contribution in [2.24, 2.45) is 0 Å². The van der Waals surface area contributed by atoms with Gasteiger partial charge in [0.2, 0.25) is 0 Å². The number of hydrogen-bond donors (Lipinski definition) is 1. The predicted molar refractivity (Wildman–Crippen MR) is 82.5 cm³/mol. The van der Waals surface area contributed by atoms with Crippen molar-refractivity contribution in [3.05, 3.63) is 26.7 Å². The van der Waals surface area contributed by atoms with Gasteiger partial charge in [0.1, 0.15) is 4.88 Å². The molecule has 2 aromatic heterocycles. The maximum atomic E-state index is 11.6. The molecule has 8 heteroatoms. The van der Waals surface area contributed by atoms with Crippen LogP contribution < -0.4 is 5.32 Å². The number of nitrogens with one attached hydrogen (secondary N) is 1. The average molecular weight is 325 g/mol. The summed E-state index contributed by atoms with van der Waals surface area (Å²) in [5.41, 5.74) is 1.08. The van der Waals surface area contributed by atoms with Gasteiger partial charge in [0.15, 0.2) is 16.6 Å². The Hall–Kier alpha value is -1.80. The van der Waals surface area contributed by atoms with Crippen LogP contribution in [0.2, 0.25) is 0 Å². The number of aromatic nitrogens is 2. The second kappa shape index (κ2) is 6.77. The van der Waals surface area contributed by atoms with Gasteiger partial charge in [-0.3, -0.25) is 4.79 Å². The van der Waals surface area contributed by atoms with E-state index >= 15 is 0 Å². The molecule has 0 saturated carbocycles. The number of rotatable bonds is 6. The lowest BCUT2D eigenvalue weighted by molar-refractivity contribution is 0.0591. The molecule has 21 heavy (non-hydrogen) atoms. The third-order valence-corrected chi connectivity index (χ3v) is 4.75. The first kappa shape index (κ1) is 15.6. The SMILES string of the molecule is COC(=O)c1nc(NCCc2nc(C)cs2)sc1C(C)=O. The minimum atomic E-state index is -0.597. The van der Waals surface area contributed by atoms with Gasteiger partial charge in [-0.05, 0) is 6.92 Å². The number of ketones is 1. The Morgan fingerprint density at radius 1 is 1.38 bits per heavy atom. The zero-order valence-corrected chi connectivity index (χ0v) is 13.6. The first-order chi connectivity index (χ1) is 10.0. The zero-order chi connectivity index (χ0) is 15.4. The van der Waals surface area contributed by atoms with Gasteiger partial charge in [0, 0.05) is 31.0 Å². The van der Waals surface area contributed by atoms with Crippen molar-refractivity contribution in [2.45, 2.75) is 20.3 Å². The van der Waals surface area contributed by atoms with E-state index < -0.39 is 5.97 Å². The smallest absolute Gasteiger partial charge is 0.358 e. The molecule has 0 amide bonds. The lowest BCUT2D eigenvalue weighted by atomic mass is 10.3. The number of ether oxygens (including phenoxy) is 1. The van der Waals surface area contributed by atoms with Crippen LogP contribution in [0.15, 0.2) is 5.38 Å². The highest BCUT2D eigenvalue weighted by Crippen LogP contribution is 2.24. The van der Waals surface area contributed by atoms with Gasteiger partial charge in [-0.2, -0.15) is 0 Å². The summed E-state index contributed by atoms with van der Waals surface area (Å²) < 4.78 is 4.63. The Morgan fingerprint density at radius 2 is 2.14 bits per heavy atom. The number of esters is 1. The van der Waals surface area contributed by atoms with Crippen molar-refractivity contribution < 1.29 is 14.3 Å². The third kappa shape index (κ3) is 3.85. The van der Waals surface area contributed by atoms with Gasteiger partial charge < -0.3 is 10.1 Å². The van der Waals surface area contributed by atoms with Crippen molar-refractivity contribution in [3.8, 4) is 0 Å². The first-order valence-corrected chi connectivity index (χ1v) is 7.96. The maximum Gasteiger partial charge on any atom is 0.358 e. The highest BCUT2D eigenvalue weighted by atomic mass is 32.1. The molecule has 0 aliphatic carbocycles. The summed E-state index contributed by atoms with van der Waals surface area (Å²) in [6.07, 6.45) is 0.765. The third-order valence-electron chi connectivity index (χ3n) is 2.61. The van der Waals surface area contributed by atoms with Crippen LogP contribution in [0.25, 0.3) is 0 Å². The summed E-state index contributed by atoms with van der Waals surface area (Å²) in [4.78, 5) is 31.9. The van der Waals surface area contributed by atoms with Gasteiger partial charge in [-0.15, -0.1) is 11.3 Å². The van der Waals surface area contributed by atoms with E-state index in [2.05, 4.69) is 20.0 Å². The predicted octanol–water partition coefficient (Wildman–Crippen LogP) is 2.55. The van der Waals surface area contributed by atoms with E-state index in [4.69, 9.17) is 0 Å². The largest absolute Gasteiger partial charge is 0.464 e. The lowest BCUT2D eigenvalue weighted by Gasteiger charge is -1.99. The van der Waals surface area contributed by atoms with Crippen LogP contribution in [0.5, 0.6) is 0 Å². The van der Waals surface area contributed by atoms with Gasteiger partial charge in [0.25, 0.3) is 0 Å². The van der Waals surface area contributed by atoms with Gasteiger partial charge in [0.05, 0.1) is 12.1 Å². The lowest BCUT2D eigenvalue weighted by Crippen LogP contribution is -2.08. The van der Waals surface area contributed by atoms with Crippen LogP contribution in [0.1, 0.15) is 37.8 Å². The molecule has 6 nitrogen and oxygen atoms in total. The minimum Gasteiger partial charge on any atom is -0.464 e. The molecule has 0 radical (unpaired) electrons. The Labute approximate surface area is 130 Å². The Balaban J connectivity index is 2.03. The van der Waals surface area contributed by atoms with Gasteiger partial charge >= 0.3 is 5.97 Å². The fourth-order valence-corrected chi connectivity index (χ4v) is 3.31. The molecule has 0 fully saturated rings. The fraction of sp³-hybridized carbons (Fsp3) is 0.385. The quantitative estimate of drug-likeness (QED) is 0.649. The number of anilines is 1. The number of thiazole rings is 2. The monoisotopic (exact) mass is 325 g/mol. The van der Waals surface area contributed by atoms with E-state index in [0.29, 0.717) is 16.6 Å². The molecule has 2 aromatic rings. The van der Waals surface area contributed by atoms with Crippen molar-refractivity contribution in [1.82, 2.24) is 9.97 Å². The molecular weight excluding hydrogens is 310 g/mol. The van der Waals surface area contributed by atoms with E-state index in [0.717, 1.165) is 28.5 Å². The van der Waals surface area contributed by atoms with Gasteiger partial charge in [-0.1, -0.05) is 11.3 Å². The number of hydrogen-bond acceptors (Lipinski definition) is 8. The fourth-order valence-electron chi connectivity index (χ4n) is 1.66. The topological polar surface area (TPSA) is 81.2 Å². The maximum absolute atomic E-state index is 11.6. The van der Waals surface area contributed by atoms with E-state index in [-0.39, 0.29) is 11.5 Å². The second-order valence-corrected chi connectivity index (χ2v) is 6.25. The van der Waals surface area contributed by atoms with Crippen LogP contribution in [0.3, 0.4) is 0 Å². The number of Topliss-reactive ketones (excluding diaryl/α,β-unsaturated/α-hetero) is 1. The normalized spacial score (nSPS) is 10.4. The number of nitrogens with zero attached hydrogens (tertiary/aromatic N) is 2. The summed E-state index contributed by atoms with van der Waals surface area (Å²) in [6, 6.07) is 0. The number of methoxy groups -OCH3 is 1. The summed E-state index contributed by atoms with van der Waals surface area (Å²) in [6.45, 7) is 4.00. The molecule has 0 saturated heterocycles. The zero-order valence-electron chi connectivity index (χ0n) is 11.9. The standard InChI is InChI=1S/C13H15N3O3S2/c1-7-6-20-9(15-7)4-5-14-13-16-10(12(18)19-3)11(21-13)8(2)17/h6H,4-5H2,1-3H3,(H,14,16). The van der Waals surface area contributed by atoms with E-state index in [1.165, 1.54) is 14.0 Å². The van der Waals surface area contributed by atoms with Crippen LogP contribution >= 0.6 is 22.7 Å². The Morgan fingerprint density at radius 3 is 2.71 bits per heavy atom. The van der Waals surface area contributed by atoms with Crippen LogP contribution in [0.4, 0.5) is 5.13 Å². The van der Waals surface area contributed by atoms with E-state index in [1.807, 2.05) is 12.3 Å². The molecule has 0 spiro atoms. The van der Waals surface area contributed by atoms with Crippen molar-refractivity contribution in [1.29, 1.82) is 0 Å². The number of aryl methyl sites for hydroxylation is 1. The summed E-state index contributed by atoms with van der Waals surface area (Å²) in [5, 5.41) is 6.69. The molecule has 0 atom stereocenters. The van der Waals surface area contributed by atoms with Crippen molar-refractivity contribution >= 4 is 39.6 Å². The Bertz CT molecular complexity index is 663. The van der Waals surface area contributed by atoms with E-state index in [1.54, 1.807) is 11.3 Å². The molecule has 0 unspecified atom stereocenters. The Kier molecular flexibility index (Phi) is 5.03. The molecule has 2 rings (SSSR count). The molecule has 0 aromatic carbocycles. The number of carbonyl (C=O) groups is 2. The first-order valence-electron chi connectivity index (χ1n) is 6.26. The highest BCUT2D eigenvalue weighted by Gasteiger charge is 2.21. The highest BCUT2D eigenvalue weighted by molar-refractivity contribution is 7.17. The van der Waals surface area contributed by atoms with E-state index in [9.17, 15) is 9.59 Å². The average Bonchev–Trinajstić information content (AvgIpc) is 3.05. The van der Waals surface area contributed by atoms with Crippen LogP contribution in [-0.4, -0.2) is 35.4 Å². The van der Waals surface area contributed by atoms with Gasteiger partial charge in [-0.25, -0.2) is 14.8 Å². The molecule has 112 valence electrons. The van der Waals surface area contributed by atoms with Crippen molar-refractivity contribution in [2.75, 3.05) is 19.0 Å². The molecule has 0 aliphatic rings. The van der Waals surface area contributed by atoms with Crippen molar-refractivity contribution in [3.63, 3.8) is 0 Å². The van der Waals surface area contributed by atoms with Crippen LogP contribution in [0, 0.1) is 6.92 Å². The second-order valence-electron chi connectivity index (χ2n) is 4.30. The summed E-state index contributed by atoms with van der Waals surface area (Å²) in [5.74, 6) is -0.795.